The SMILES string of the molecule is O=CNc1nc2ccc(CN3CCCCC3)cc2[nH]1. The Morgan fingerprint density at radius 1 is 1.32 bits per heavy atom. The molecule has 1 fully saturated rings. The molecule has 2 N–H and O–H groups in total. The summed E-state index contributed by atoms with van der Waals surface area (Å²) in [4.78, 5) is 20.3. The summed E-state index contributed by atoms with van der Waals surface area (Å²) in [7, 11) is 0. The lowest BCUT2D eigenvalue weighted by Gasteiger charge is -2.26. The first-order valence-electron chi connectivity index (χ1n) is 6.76. The molecule has 1 aromatic carbocycles. The molecule has 0 spiro atoms. The van der Waals surface area contributed by atoms with Gasteiger partial charge in [-0.2, -0.15) is 0 Å². The summed E-state index contributed by atoms with van der Waals surface area (Å²) in [6.07, 6.45) is 4.60. The first-order valence-corrected chi connectivity index (χ1v) is 6.76. The molecular weight excluding hydrogens is 240 g/mol. The highest BCUT2D eigenvalue weighted by molar-refractivity contribution is 5.80. The lowest BCUT2D eigenvalue weighted by molar-refractivity contribution is -0.105. The highest BCUT2D eigenvalue weighted by Crippen LogP contribution is 2.18. The monoisotopic (exact) mass is 258 g/mol. The van der Waals surface area contributed by atoms with E-state index in [4.69, 9.17) is 0 Å². The third-order valence-electron chi connectivity index (χ3n) is 3.60. The minimum Gasteiger partial charge on any atom is -0.324 e. The minimum atomic E-state index is 0.500. The summed E-state index contributed by atoms with van der Waals surface area (Å²) in [5.74, 6) is 0.500. The second-order valence-electron chi connectivity index (χ2n) is 5.04. The van der Waals surface area contributed by atoms with E-state index in [-0.39, 0.29) is 0 Å². The molecule has 2 aromatic rings. The molecule has 0 aliphatic carbocycles. The second kappa shape index (κ2) is 5.40. The number of aromatic amines is 1. The van der Waals surface area contributed by atoms with Crippen LogP contribution in [0.25, 0.3) is 11.0 Å². The molecule has 5 heteroatoms. The van der Waals surface area contributed by atoms with E-state index in [1.165, 1.54) is 37.9 Å². The van der Waals surface area contributed by atoms with Gasteiger partial charge in [-0.05, 0) is 43.6 Å². The Morgan fingerprint density at radius 3 is 2.95 bits per heavy atom. The molecule has 5 nitrogen and oxygen atoms in total. The minimum absolute atomic E-state index is 0.500. The molecule has 0 saturated carbocycles. The molecule has 1 aliphatic heterocycles. The number of fused-ring (bicyclic) bond motifs is 1. The summed E-state index contributed by atoms with van der Waals surface area (Å²) in [5.41, 5.74) is 3.14. The number of imidazole rings is 1. The van der Waals surface area contributed by atoms with Crippen molar-refractivity contribution in [1.29, 1.82) is 0 Å². The van der Waals surface area contributed by atoms with Crippen molar-refractivity contribution in [3.63, 3.8) is 0 Å². The van der Waals surface area contributed by atoms with Crippen molar-refractivity contribution in [2.45, 2.75) is 25.8 Å². The topological polar surface area (TPSA) is 61.0 Å². The highest BCUT2D eigenvalue weighted by Gasteiger charge is 2.11. The van der Waals surface area contributed by atoms with E-state index in [9.17, 15) is 4.79 Å². The number of benzene rings is 1. The Bertz CT molecular complexity index is 572. The van der Waals surface area contributed by atoms with Crippen LogP contribution in [-0.2, 0) is 11.3 Å². The zero-order valence-electron chi connectivity index (χ0n) is 10.9. The van der Waals surface area contributed by atoms with E-state index in [2.05, 4.69) is 32.3 Å². The summed E-state index contributed by atoms with van der Waals surface area (Å²) < 4.78 is 0. The maximum absolute atomic E-state index is 10.4. The lowest BCUT2D eigenvalue weighted by Crippen LogP contribution is -2.29. The predicted octanol–water partition coefficient (Wildman–Crippen LogP) is 2.12. The number of aromatic nitrogens is 2. The van der Waals surface area contributed by atoms with Crippen molar-refractivity contribution in [2.75, 3.05) is 18.4 Å². The molecule has 0 unspecified atom stereocenters. The number of anilines is 1. The first kappa shape index (κ1) is 12.2. The molecule has 0 radical (unpaired) electrons. The van der Waals surface area contributed by atoms with Crippen molar-refractivity contribution in [1.82, 2.24) is 14.9 Å². The lowest BCUT2D eigenvalue weighted by atomic mass is 10.1. The number of hydrogen-bond donors (Lipinski definition) is 2. The van der Waals surface area contributed by atoms with Crippen LogP contribution in [0.1, 0.15) is 24.8 Å². The number of rotatable bonds is 4. The fourth-order valence-corrected chi connectivity index (χ4v) is 2.66. The van der Waals surface area contributed by atoms with E-state index < -0.39 is 0 Å². The van der Waals surface area contributed by atoms with Gasteiger partial charge in [-0.25, -0.2) is 4.98 Å². The van der Waals surface area contributed by atoms with Gasteiger partial charge in [-0.1, -0.05) is 12.5 Å². The van der Waals surface area contributed by atoms with Crippen LogP contribution in [0.2, 0.25) is 0 Å². The molecule has 19 heavy (non-hydrogen) atoms. The van der Waals surface area contributed by atoms with Crippen LogP contribution in [0, 0.1) is 0 Å². The third-order valence-corrected chi connectivity index (χ3v) is 3.60. The average Bonchev–Trinajstić information content (AvgIpc) is 2.82. The Morgan fingerprint density at radius 2 is 2.16 bits per heavy atom. The molecule has 1 saturated heterocycles. The van der Waals surface area contributed by atoms with E-state index in [1.54, 1.807) is 0 Å². The van der Waals surface area contributed by atoms with Crippen molar-refractivity contribution >= 4 is 23.4 Å². The van der Waals surface area contributed by atoms with Crippen LogP contribution in [0.4, 0.5) is 5.95 Å². The van der Waals surface area contributed by atoms with Gasteiger partial charge in [0.15, 0.2) is 0 Å². The molecule has 100 valence electrons. The number of H-pyrrole nitrogens is 1. The van der Waals surface area contributed by atoms with Gasteiger partial charge < -0.3 is 4.98 Å². The fourth-order valence-electron chi connectivity index (χ4n) is 2.66. The van der Waals surface area contributed by atoms with Crippen LogP contribution < -0.4 is 5.32 Å². The summed E-state index contributed by atoms with van der Waals surface area (Å²) >= 11 is 0. The van der Waals surface area contributed by atoms with Gasteiger partial charge >= 0.3 is 0 Å². The average molecular weight is 258 g/mol. The maximum atomic E-state index is 10.4. The Kier molecular flexibility index (Phi) is 3.46. The number of nitrogens with zero attached hydrogens (tertiary/aromatic N) is 2. The van der Waals surface area contributed by atoms with Crippen molar-refractivity contribution in [3.8, 4) is 0 Å². The van der Waals surface area contributed by atoms with Gasteiger partial charge in [0.1, 0.15) is 0 Å². The summed E-state index contributed by atoms with van der Waals surface area (Å²) in [6.45, 7) is 3.38. The zero-order valence-corrected chi connectivity index (χ0v) is 10.9. The van der Waals surface area contributed by atoms with Gasteiger partial charge in [0.2, 0.25) is 12.4 Å². The molecule has 1 aliphatic rings. The third kappa shape index (κ3) is 2.76. The van der Waals surface area contributed by atoms with Crippen LogP contribution in [0.5, 0.6) is 0 Å². The quantitative estimate of drug-likeness (QED) is 0.826. The number of nitrogens with one attached hydrogen (secondary N) is 2. The summed E-state index contributed by atoms with van der Waals surface area (Å²) in [5, 5.41) is 2.54. The Labute approximate surface area is 112 Å². The van der Waals surface area contributed by atoms with Crippen LogP contribution in [0.3, 0.4) is 0 Å². The van der Waals surface area contributed by atoms with Crippen molar-refractivity contribution in [2.24, 2.45) is 0 Å². The standard InChI is InChI=1S/C14H18N4O/c19-10-15-14-16-12-5-4-11(8-13(12)17-14)9-18-6-2-1-3-7-18/h4-5,8,10H,1-3,6-7,9H2,(H2,15,16,17,19). The van der Waals surface area contributed by atoms with Gasteiger partial charge in [0.25, 0.3) is 0 Å². The van der Waals surface area contributed by atoms with Gasteiger partial charge in [-0.3, -0.25) is 15.0 Å². The first-order chi connectivity index (χ1) is 9.35. The smallest absolute Gasteiger partial charge is 0.213 e. The van der Waals surface area contributed by atoms with Crippen LogP contribution >= 0.6 is 0 Å². The molecule has 3 rings (SSSR count). The highest BCUT2D eigenvalue weighted by atomic mass is 16.1. The molecule has 2 heterocycles. The maximum Gasteiger partial charge on any atom is 0.213 e. The number of piperidine rings is 1. The van der Waals surface area contributed by atoms with Gasteiger partial charge in [-0.15, -0.1) is 0 Å². The van der Waals surface area contributed by atoms with Crippen molar-refractivity contribution < 1.29 is 4.79 Å². The number of amides is 1. The number of hydrogen-bond acceptors (Lipinski definition) is 3. The van der Waals surface area contributed by atoms with Gasteiger partial charge in [0.05, 0.1) is 11.0 Å². The van der Waals surface area contributed by atoms with E-state index >= 15 is 0 Å². The predicted molar refractivity (Wildman–Crippen MR) is 74.9 cm³/mol. The van der Waals surface area contributed by atoms with Crippen LogP contribution in [-0.4, -0.2) is 34.4 Å². The Hall–Kier alpha value is -1.88. The largest absolute Gasteiger partial charge is 0.324 e. The van der Waals surface area contributed by atoms with E-state index in [1.807, 2.05) is 6.07 Å². The fraction of sp³-hybridized carbons (Fsp3) is 0.429. The number of likely N-dealkylation sites (tertiary alicyclic amines) is 1. The number of carbonyl (C=O) groups is 1. The van der Waals surface area contributed by atoms with Crippen LogP contribution in [0.15, 0.2) is 18.2 Å². The zero-order chi connectivity index (χ0) is 13.1. The van der Waals surface area contributed by atoms with Crippen molar-refractivity contribution in [3.05, 3.63) is 23.8 Å². The van der Waals surface area contributed by atoms with E-state index in [0.29, 0.717) is 12.4 Å². The Balaban J connectivity index is 1.78. The molecule has 0 atom stereocenters. The van der Waals surface area contributed by atoms with E-state index in [0.717, 1.165) is 17.6 Å². The van der Waals surface area contributed by atoms with Gasteiger partial charge in [0, 0.05) is 6.54 Å². The molecule has 1 amide bonds. The second-order valence-corrected chi connectivity index (χ2v) is 5.04. The molecular formula is C14H18N4O. The molecule has 0 bridgehead atoms. The number of carbonyl (C=O) groups excluding carboxylic acids is 1. The normalized spacial score (nSPS) is 16.6. The molecule has 1 aromatic heterocycles. The summed E-state index contributed by atoms with van der Waals surface area (Å²) in [6, 6.07) is 6.23.